The zero-order chi connectivity index (χ0) is 14.7. The molecule has 0 N–H and O–H groups in total. The van der Waals surface area contributed by atoms with Crippen LogP contribution in [0.5, 0.6) is 0 Å². The average molecular weight is 288 g/mol. The Balaban J connectivity index is 2.15. The van der Waals surface area contributed by atoms with E-state index in [1.165, 1.54) is 5.56 Å². The molecule has 0 amide bonds. The maximum absolute atomic E-state index is 12.3. The van der Waals surface area contributed by atoms with Gasteiger partial charge < -0.3 is 0 Å². The van der Waals surface area contributed by atoms with Gasteiger partial charge in [0.15, 0.2) is 0 Å². The SMILES string of the molecule is CP(C)(C)(Cc1ccccc1)OC(=O)c1ccccc1. The summed E-state index contributed by atoms with van der Waals surface area (Å²) in [5.41, 5.74) is 1.82. The average Bonchev–Trinajstić information content (AvgIpc) is 2.39. The summed E-state index contributed by atoms with van der Waals surface area (Å²) in [6.07, 6.45) is 0.797. The molecule has 2 rings (SSSR count). The van der Waals surface area contributed by atoms with Gasteiger partial charge in [-0.3, -0.25) is 0 Å². The molecule has 0 aliphatic rings. The van der Waals surface area contributed by atoms with Crippen molar-refractivity contribution in [1.29, 1.82) is 0 Å². The fraction of sp³-hybridized carbons (Fsp3) is 0.235. The van der Waals surface area contributed by atoms with Gasteiger partial charge in [0.1, 0.15) is 0 Å². The Labute approximate surface area is 120 Å². The molecular weight excluding hydrogens is 267 g/mol. The standard InChI is InChI=1S/C17H21O2P/c1-20(2,3,14-15-10-6-4-7-11-15)19-17(18)16-12-8-5-9-13-16/h4-13H,14H2,1-3H3. The topological polar surface area (TPSA) is 26.3 Å². The second kappa shape index (κ2) is 5.38. The van der Waals surface area contributed by atoms with E-state index in [9.17, 15) is 4.79 Å². The van der Waals surface area contributed by atoms with Crippen LogP contribution in [0.2, 0.25) is 0 Å². The molecule has 2 aromatic rings. The summed E-state index contributed by atoms with van der Waals surface area (Å²) in [5.74, 6) is -0.230. The summed E-state index contributed by atoms with van der Waals surface area (Å²) in [7, 11) is 0. The number of hydrogen-bond donors (Lipinski definition) is 0. The summed E-state index contributed by atoms with van der Waals surface area (Å²) in [6, 6.07) is 19.4. The number of hydrogen-bond acceptors (Lipinski definition) is 2. The molecule has 0 bridgehead atoms. The van der Waals surface area contributed by atoms with Gasteiger partial charge in [0.25, 0.3) is 0 Å². The second-order valence-electron chi connectivity index (χ2n) is 6.36. The van der Waals surface area contributed by atoms with Crippen molar-refractivity contribution in [3.05, 3.63) is 71.8 Å². The maximum atomic E-state index is 12.3. The van der Waals surface area contributed by atoms with Gasteiger partial charge in [0.05, 0.1) is 0 Å². The van der Waals surface area contributed by atoms with Crippen LogP contribution in [0.15, 0.2) is 60.7 Å². The van der Waals surface area contributed by atoms with Crippen molar-refractivity contribution in [2.24, 2.45) is 0 Å². The first-order valence-electron chi connectivity index (χ1n) is 6.67. The molecule has 3 heteroatoms. The van der Waals surface area contributed by atoms with E-state index >= 15 is 0 Å². The van der Waals surface area contributed by atoms with Crippen LogP contribution in [0.1, 0.15) is 15.9 Å². The van der Waals surface area contributed by atoms with E-state index < -0.39 is 6.83 Å². The molecule has 106 valence electrons. The number of carbonyl (C=O) groups is 1. The first kappa shape index (κ1) is 14.7. The van der Waals surface area contributed by atoms with Crippen molar-refractivity contribution in [1.82, 2.24) is 0 Å². The van der Waals surface area contributed by atoms with E-state index in [0.717, 1.165) is 6.16 Å². The molecule has 0 saturated heterocycles. The van der Waals surface area contributed by atoms with E-state index in [1.54, 1.807) is 12.1 Å². The van der Waals surface area contributed by atoms with Gasteiger partial charge in [-0.25, -0.2) is 0 Å². The van der Waals surface area contributed by atoms with Gasteiger partial charge in [-0.05, 0) is 0 Å². The fourth-order valence-electron chi connectivity index (χ4n) is 2.17. The molecule has 0 spiro atoms. The van der Waals surface area contributed by atoms with Crippen molar-refractivity contribution in [2.75, 3.05) is 20.0 Å². The van der Waals surface area contributed by atoms with Gasteiger partial charge in [-0.1, -0.05) is 0 Å². The molecule has 2 nitrogen and oxygen atoms in total. The summed E-state index contributed by atoms with van der Waals surface area (Å²) >= 11 is 0. The normalized spacial score (nSPS) is 13.2. The Bertz CT molecular complexity index is 583. The molecule has 20 heavy (non-hydrogen) atoms. The van der Waals surface area contributed by atoms with Crippen LogP contribution in [0.3, 0.4) is 0 Å². The molecule has 0 unspecified atom stereocenters. The number of benzene rings is 2. The first-order chi connectivity index (χ1) is 9.33. The Morgan fingerprint density at radius 3 is 1.95 bits per heavy atom. The van der Waals surface area contributed by atoms with Crippen molar-refractivity contribution in [2.45, 2.75) is 6.16 Å². The minimum absolute atomic E-state index is 0.230. The molecule has 0 heterocycles. The van der Waals surface area contributed by atoms with Crippen LogP contribution in [0.4, 0.5) is 0 Å². The van der Waals surface area contributed by atoms with Crippen molar-refractivity contribution < 1.29 is 9.32 Å². The summed E-state index contributed by atoms with van der Waals surface area (Å²) < 4.78 is 5.91. The molecule has 0 aromatic heterocycles. The molecule has 0 fully saturated rings. The number of carbonyl (C=O) groups excluding carboxylic acids is 1. The molecular formula is C17H21O2P. The predicted octanol–water partition coefficient (Wildman–Crippen LogP) is 4.40. The summed E-state index contributed by atoms with van der Waals surface area (Å²) in [6.45, 7) is 3.73. The molecule has 0 atom stereocenters. The number of rotatable bonds is 4. The van der Waals surface area contributed by atoms with E-state index in [1.807, 2.05) is 36.4 Å². The summed E-state index contributed by atoms with van der Waals surface area (Å²) in [4.78, 5) is 12.3. The van der Waals surface area contributed by atoms with E-state index in [4.69, 9.17) is 4.52 Å². The molecule has 2 aromatic carbocycles. The van der Waals surface area contributed by atoms with Gasteiger partial charge in [-0.2, -0.15) is 0 Å². The van der Waals surface area contributed by atoms with Crippen LogP contribution in [-0.2, 0) is 10.7 Å². The second-order valence-corrected chi connectivity index (χ2v) is 12.8. The van der Waals surface area contributed by atoms with E-state index in [0.29, 0.717) is 5.56 Å². The third-order valence-electron chi connectivity index (χ3n) is 3.00. The van der Waals surface area contributed by atoms with Crippen LogP contribution >= 0.6 is 6.83 Å². The molecule has 0 radical (unpaired) electrons. The van der Waals surface area contributed by atoms with Crippen LogP contribution < -0.4 is 0 Å². The third kappa shape index (κ3) is 4.18. The quantitative estimate of drug-likeness (QED) is 0.779. The Kier molecular flexibility index (Phi) is 3.96. The zero-order valence-corrected chi connectivity index (χ0v) is 13.1. The zero-order valence-electron chi connectivity index (χ0n) is 12.2. The Morgan fingerprint density at radius 1 is 0.900 bits per heavy atom. The van der Waals surface area contributed by atoms with Gasteiger partial charge in [-0.15, -0.1) is 0 Å². The van der Waals surface area contributed by atoms with Crippen LogP contribution in [-0.4, -0.2) is 26.0 Å². The van der Waals surface area contributed by atoms with Crippen molar-refractivity contribution >= 4 is 12.8 Å². The van der Waals surface area contributed by atoms with Crippen LogP contribution in [0.25, 0.3) is 0 Å². The van der Waals surface area contributed by atoms with Gasteiger partial charge in [0, 0.05) is 0 Å². The predicted molar refractivity (Wildman–Crippen MR) is 86.7 cm³/mol. The monoisotopic (exact) mass is 288 g/mol. The first-order valence-corrected chi connectivity index (χ1v) is 10.4. The molecule has 0 aliphatic carbocycles. The van der Waals surface area contributed by atoms with Crippen molar-refractivity contribution in [3.63, 3.8) is 0 Å². The van der Waals surface area contributed by atoms with Crippen LogP contribution in [0, 0.1) is 0 Å². The van der Waals surface area contributed by atoms with Gasteiger partial charge in [0.2, 0.25) is 0 Å². The van der Waals surface area contributed by atoms with E-state index in [-0.39, 0.29) is 5.97 Å². The van der Waals surface area contributed by atoms with E-state index in [2.05, 4.69) is 32.1 Å². The Morgan fingerprint density at radius 2 is 1.40 bits per heavy atom. The summed E-state index contributed by atoms with van der Waals surface area (Å²) in [5, 5.41) is 0. The van der Waals surface area contributed by atoms with Crippen molar-refractivity contribution in [3.8, 4) is 0 Å². The Hall–Kier alpha value is -1.66. The fourth-order valence-corrected chi connectivity index (χ4v) is 4.41. The molecule has 0 aliphatic heterocycles. The molecule has 0 saturated carbocycles. The van der Waals surface area contributed by atoms with Gasteiger partial charge >= 0.3 is 120 Å². The third-order valence-corrected chi connectivity index (χ3v) is 5.28. The minimum atomic E-state index is -2.52.